The van der Waals surface area contributed by atoms with Crippen molar-refractivity contribution in [1.29, 1.82) is 0 Å². The fourth-order valence-corrected chi connectivity index (χ4v) is 7.65. The Morgan fingerprint density at radius 3 is 0.962 bits per heavy atom. The van der Waals surface area contributed by atoms with Crippen molar-refractivity contribution in [2.24, 2.45) is 0 Å². The quantitative estimate of drug-likeness (QED) is 0.0480. The summed E-state index contributed by atoms with van der Waals surface area (Å²) in [5.74, 6) is 0. The van der Waals surface area contributed by atoms with Gasteiger partial charge in [-0.15, -0.1) is 0 Å². The van der Waals surface area contributed by atoms with Gasteiger partial charge in [-0.25, -0.2) is 0 Å². The summed E-state index contributed by atoms with van der Waals surface area (Å²) in [6.07, 6.45) is 30.4. The van der Waals surface area contributed by atoms with Crippen molar-refractivity contribution >= 4 is 11.4 Å². The van der Waals surface area contributed by atoms with E-state index in [0.717, 1.165) is 37.1 Å². The number of aryl methyl sites for hydroxylation is 4. The number of nitrogens with two attached hydrogens (primary N) is 2. The second-order valence-corrected chi connectivity index (χ2v) is 15.7. The maximum atomic E-state index is 6.31. The van der Waals surface area contributed by atoms with Crippen LogP contribution in [0, 0.1) is 0 Å². The molecule has 0 aliphatic rings. The van der Waals surface area contributed by atoms with Crippen molar-refractivity contribution in [2.75, 3.05) is 11.5 Å². The first-order chi connectivity index (χ1) is 25.5. The molecule has 0 fully saturated rings. The number of benzene rings is 4. The van der Waals surface area contributed by atoms with Crippen molar-refractivity contribution < 1.29 is 0 Å². The summed E-state index contributed by atoms with van der Waals surface area (Å²) in [6.45, 7) is 4.54. The summed E-state index contributed by atoms with van der Waals surface area (Å²) >= 11 is 0. The topological polar surface area (TPSA) is 52.0 Å². The van der Waals surface area contributed by atoms with Gasteiger partial charge in [0.25, 0.3) is 0 Å². The predicted octanol–water partition coefficient (Wildman–Crippen LogP) is 14.0. The predicted molar refractivity (Wildman–Crippen MR) is 229 cm³/mol. The Bertz CT molecular complexity index is 1400. The van der Waals surface area contributed by atoms with E-state index in [-0.39, 0.29) is 0 Å². The van der Waals surface area contributed by atoms with Gasteiger partial charge in [-0.3, -0.25) is 0 Å². The highest BCUT2D eigenvalue weighted by atomic mass is 14.6. The number of hydrogen-bond donors (Lipinski definition) is 2. The molecule has 4 aromatic rings. The molecule has 0 bridgehead atoms. The van der Waals surface area contributed by atoms with E-state index in [2.05, 4.69) is 98.8 Å². The zero-order chi connectivity index (χ0) is 36.6. The lowest BCUT2D eigenvalue weighted by molar-refractivity contribution is 0.567. The van der Waals surface area contributed by atoms with E-state index in [1.165, 1.54) is 173 Å². The van der Waals surface area contributed by atoms with Crippen LogP contribution in [-0.4, -0.2) is 0 Å². The standard InChI is InChI=1S/C50H72N2/c1-3-5-7-13-19-23-47-39-45(33-35-49(47)51)37-43-29-25-41(26-30-43)21-17-15-11-9-10-12-16-18-22-42-27-31-44(32-28-42)38-46-34-36-50(52)48(40-46)24-20-14-8-6-4-2/h25-36,39-40H,3-24,37-38,51-52H2,1-2H3. The lowest BCUT2D eigenvalue weighted by Gasteiger charge is -2.10. The Morgan fingerprint density at radius 2 is 0.596 bits per heavy atom. The zero-order valence-electron chi connectivity index (χ0n) is 33.2. The van der Waals surface area contributed by atoms with E-state index in [9.17, 15) is 0 Å². The van der Waals surface area contributed by atoms with Gasteiger partial charge in [0.2, 0.25) is 0 Å². The number of nitrogen functional groups attached to an aromatic ring is 2. The van der Waals surface area contributed by atoms with E-state index < -0.39 is 0 Å². The molecule has 0 radical (unpaired) electrons. The van der Waals surface area contributed by atoms with Crippen LogP contribution in [-0.2, 0) is 38.5 Å². The van der Waals surface area contributed by atoms with Crippen LogP contribution in [0.25, 0.3) is 0 Å². The fourth-order valence-electron chi connectivity index (χ4n) is 7.65. The molecule has 52 heavy (non-hydrogen) atoms. The molecule has 0 amide bonds. The largest absolute Gasteiger partial charge is 0.399 e. The fraction of sp³-hybridized carbons (Fsp3) is 0.520. The minimum atomic E-state index is 0.954. The van der Waals surface area contributed by atoms with Crippen LogP contribution in [0.3, 0.4) is 0 Å². The molecule has 0 atom stereocenters. The third kappa shape index (κ3) is 16.0. The SMILES string of the molecule is CCCCCCCc1cc(Cc2ccc(CCCCCCCCCCc3ccc(Cc4ccc(N)c(CCCCCCC)c4)cc3)cc2)ccc1N. The van der Waals surface area contributed by atoms with Gasteiger partial charge in [-0.1, -0.05) is 177 Å². The van der Waals surface area contributed by atoms with Gasteiger partial charge >= 0.3 is 0 Å². The minimum Gasteiger partial charge on any atom is -0.399 e. The second-order valence-electron chi connectivity index (χ2n) is 15.7. The first-order valence-corrected chi connectivity index (χ1v) is 21.4. The summed E-state index contributed by atoms with van der Waals surface area (Å²) in [5, 5.41) is 0. The van der Waals surface area contributed by atoms with Crippen LogP contribution >= 0.6 is 0 Å². The van der Waals surface area contributed by atoms with Crippen LogP contribution < -0.4 is 11.5 Å². The van der Waals surface area contributed by atoms with Crippen molar-refractivity contribution in [3.8, 4) is 0 Å². The maximum Gasteiger partial charge on any atom is 0.0346 e. The van der Waals surface area contributed by atoms with Crippen LogP contribution in [0.2, 0.25) is 0 Å². The van der Waals surface area contributed by atoms with Gasteiger partial charge in [-0.2, -0.15) is 0 Å². The zero-order valence-corrected chi connectivity index (χ0v) is 33.2. The van der Waals surface area contributed by atoms with Crippen molar-refractivity contribution in [3.63, 3.8) is 0 Å². The molecule has 2 heteroatoms. The average molecular weight is 701 g/mol. The summed E-state index contributed by atoms with van der Waals surface area (Å²) < 4.78 is 0. The second kappa shape index (κ2) is 24.7. The molecule has 0 spiro atoms. The minimum absolute atomic E-state index is 0.954. The third-order valence-electron chi connectivity index (χ3n) is 11.1. The lowest BCUT2D eigenvalue weighted by atomic mass is 9.97. The molecule has 0 aliphatic carbocycles. The number of rotatable bonds is 27. The molecule has 0 saturated heterocycles. The summed E-state index contributed by atoms with van der Waals surface area (Å²) in [4.78, 5) is 0. The van der Waals surface area contributed by atoms with Crippen LogP contribution in [0.1, 0.15) is 174 Å². The molecule has 0 unspecified atom stereocenters. The van der Waals surface area contributed by atoms with Crippen LogP contribution in [0.5, 0.6) is 0 Å². The molecular weight excluding hydrogens is 629 g/mol. The van der Waals surface area contributed by atoms with Gasteiger partial charge in [-0.05, 0) is 121 Å². The average Bonchev–Trinajstić information content (AvgIpc) is 3.16. The van der Waals surface area contributed by atoms with Gasteiger partial charge in [0.15, 0.2) is 0 Å². The number of unbranched alkanes of at least 4 members (excludes halogenated alkanes) is 15. The van der Waals surface area contributed by atoms with E-state index in [0.29, 0.717) is 0 Å². The maximum absolute atomic E-state index is 6.31. The van der Waals surface area contributed by atoms with Gasteiger partial charge in [0.05, 0.1) is 0 Å². The Labute approximate surface area is 319 Å². The van der Waals surface area contributed by atoms with E-state index in [1.54, 1.807) is 0 Å². The molecule has 0 aliphatic heterocycles. The number of hydrogen-bond acceptors (Lipinski definition) is 2. The molecule has 0 aromatic heterocycles. The highest BCUT2D eigenvalue weighted by Gasteiger charge is 2.06. The monoisotopic (exact) mass is 701 g/mol. The van der Waals surface area contributed by atoms with Crippen LogP contribution in [0.15, 0.2) is 84.9 Å². The first-order valence-electron chi connectivity index (χ1n) is 21.4. The molecule has 4 aromatic carbocycles. The highest BCUT2D eigenvalue weighted by molar-refractivity contribution is 5.50. The molecule has 0 saturated carbocycles. The summed E-state index contributed by atoms with van der Waals surface area (Å²) in [7, 11) is 0. The first kappa shape index (κ1) is 41.2. The smallest absolute Gasteiger partial charge is 0.0346 e. The van der Waals surface area contributed by atoms with Crippen molar-refractivity contribution in [2.45, 2.75) is 168 Å². The molecular formula is C50H72N2. The molecule has 4 N–H and O–H groups in total. The lowest BCUT2D eigenvalue weighted by Crippen LogP contribution is -1.98. The van der Waals surface area contributed by atoms with Gasteiger partial charge in [0, 0.05) is 11.4 Å². The Balaban J connectivity index is 1.02. The molecule has 4 rings (SSSR count). The van der Waals surface area contributed by atoms with Crippen molar-refractivity contribution in [1.82, 2.24) is 0 Å². The molecule has 282 valence electrons. The third-order valence-corrected chi connectivity index (χ3v) is 11.1. The van der Waals surface area contributed by atoms with E-state index in [4.69, 9.17) is 11.5 Å². The molecule has 2 nitrogen and oxygen atoms in total. The summed E-state index contributed by atoms with van der Waals surface area (Å²) in [5.41, 5.74) is 25.7. The van der Waals surface area contributed by atoms with Gasteiger partial charge in [0.1, 0.15) is 0 Å². The Morgan fingerprint density at radius 1 is 0.308 bits per heavy atom. The highest BCUT2D eigenvalue weighted by Crippen LogP contribution is 2.23. The molecule has 0 heterocycles. The Hall–Kier alpha value is -3.52. The normalized spacial score (nSPS) is 11.3. The number of anilines is 2. The van der Waals surface area contributed by atoms with E-state index in [1.807, 2.05) is 0 Å². The van der Waals surface area contributed by atoms with E-state index >= 15 is 0 Å². The van der Waals surface area contributed by atoms with Crippen LogP contribution in [0.4, 0.5) is 11.4 Å². The summed E-state index contributed by atoms with van der Waals surface area (Å²) in [6, 6.07) is 32.0. The van der Waals surface area contributed by atoms with Crippen molar-refractivity contribution in [3.05, 3.63) is 129 Å². The Kier molecular flexibility index (Phi) is 19.6. The van der Waals surface area contributed by atoms with Gasteiger partial charge < -0.3 is 11.5 Å².